The fourth-order valence-corrected chi connectivity index (χ4v) is 3.19. The van der Waals surface area contributed by atoms with Crippen LogP contribution < -0.4 is 5.32 Å². The Hall–Kier alpha value is -0.590. The first-order valence-electron chi connectivity index (χ1n) is 7.07. The molecule has 0 spiro atoms. The van der Waals surface area contributed by atoms with Crippen LogP contribution in [0.3, 0.4) is 0 Å². The predicted octanol–water partition coefficient (Wildman–Crippen LogP) is 3.77. The second-order valence-electron chi connectivity index (χ2n) is 5.30. The van der Waals surface area contributed by atoms with Crippen molar-refractivity contribution >= 4 is 11.3 Å². The standard InChI is InChI=1S/C14H21F3N2S/c1-2-7-18-8-12-5-6-13(20-12)9-19(11-3-4-11)10-14(15,16)17/h5-6,11,18H,2-4,7-10H2,1H3. The van der Waals surface area contributed by atoms with Gasteiger partial charge >= 0.3 is 6.18 Å². The first-order valence-corrected chi connectivity index (χ1v) is 7.88. The van der Waals surface area contributed by atoms with Gasteiger partial charge in [0.05, 0.1) is 6.54 Å². The van der Waals surface area contributed by atoms with Crippen LogP contribution in [0.1, 0.15) is 35.9 Å². The van der Waals surface area contributed by atoms with Gasteiger partial charge in [-0.3, -0.25) is 4.90 Å². The summed E-state index contributed by atoms with van der Waals surface area (Å²) in [6.07, 6.45) is -1.23. The number of rotatable bonds is 8. The van der Waals surface area contributed by atoms with Crippen molar-refractivity contribution in [2.75, 3.05) is 13.1 Å². The second-order valence-corrected chi connectivity index (χ2v) is 6.55. The summed E-state index contributed by atoms with van der Waals surface area (Å²) < 4.78 is 37.7. The van der Waals surface area contributed by atoms with Crippen LogP contribution in [0.4, 0.5) is 13.2 Å². The van der Waals surface area contributed by atoms with E-state index in [1.807, 2.05) is 12.1 Å². The van der Waals surface area contributed by atoms with Crippen LogP contribution in [0.5, 0.6) is 0 Å². The van der Waals surface area contributed by atoms with Crippen LogP contribution in [0.15, 0.2) is 12.1 Å². The summed E-state index contributed by atoms with van der Waals surface area (Å²) in [5.74, 6) is 0. The Balaban J connectivity index is 1.87. The lowest BCUT2D eigenvalue weighted by Crippen LogP contribution is -2.35. The molecular formula is C14H21F3N2S. The molecule has 0 bridgehead atoms. The largest absolute Gasteiger partial charge is 0.401 e. The first-order chi connectivity index (χ1) is 9.48. The summed E-state index contributed by atoms with van der Waals surface area (Å²) in [7, 11) is 0. The summed E-state index contributed by atoms with van der Waals surface area (Å²) in [5.41, 5.74) is 0. The summed E-state index contributed by atoms with van der Waals surface area (Å²) >= 11 is 1.61. The maximum Gasteiger partial charge on any atom is 0.401 e. The van der Waals surface area contributed by atoms with Crippen molar-refractivity contribution in [1.29, 1.82) is 0 Å². The van der Waals surface area contributed by atoms with Gasteiger partial charge in [0.1, 0.15) is 0 Å². The van der Waals surface area contributed by atoms with Gasteiger partial charge in [0.2, 0.25) is 0 Å². The van der Waals surface area contributed by atoms with Gasteiger partial charge in [-0.2, -0.15) is 13.2 Å². The Morgan fingerprint density at radius 2 is 2.00 bits per heavy atom. The second kappa shape index (κ2) is 6.91. The molecule has 20 heavy (non-hydrogen) atoms. The van der Waals surface area contributed by atoms with Crippen molar-refractivity contribution in [3.8, 4) is 0 Å². The average molecular weight is 306 g/mol. The molecule has 1 aliphatic rings. The Morgan fingerprint density at radius 1 is 1.30 bits per heavy atom. The van der Waals surface area contributed by atoms with Crippen LogP contribution in [0.25, 0.3) is 0 Å². The molecule has 0 saturated heterocycles. The highest BCUT2D eigenvalue weighted by Gasteiger charge is 2.38. The number of hydrogen-bond acceptors (Lipinski definition) is 3. The van der Waals surface area contributed by atoms with Gasteiger partial charge < -0.3 is 5.32 Å². The Labute approximate surface area is 122 Å². The lowest BCUT2D eigenvalue weighted by Gasteiger charge is -2.22. The van der Waals surface area contributed by atoms with Gasteiger partial charge in [0.15, 0.2) is 0 Å². The van der Waals surface area contributed by atoms with Gasteiger partial charge in [-0.15, -0.1) is 11.3 Å². The zero-order chi connectivity index (χ0) is 14.6. The van der Waals surface area contributed by atoms with Crippen molar-refractivity contribution < 1.29 is 13.2 Å². The minimum Gasteiger partial charge on any atom is -0.312 e. The zero-order valence-corrected chi connectivity index (χ0v) is 12.5. The Bertz CT molecular complexity index is 413. The molecule has 2 nitrogen and oxygen atoms in total. The van der Waals surface area contributed by atoms with Gasteiger partial charge in [-0.1, -0.05) is 6.92 Å². The molecule has 1 heterocycles. The molecule has 0 aromatic carbocycles. The van der Waals surface area contributed by atoms with E-state index < -0.39 is 12.7 Å². The summed E-state index contributed by atoms with van der Waals surface area (Å²) in [6.45, 7) is 3.51. The molecule has 1 aliphatic carbocycles. The van der Waals surface area contributed by atoms with Crippen LogP contribution in [-0.2, 0) is 13.1 Å². The van der Waals surface area contributed by atoms with E-state index in [0.717, 1.165) is 37.2 Å². The molecule has 6 heteroatoms. The number of alkyl halides is 3. The highest BCUT2D eigenvalue weighted by molar-refractivity contribution is 7.11. The Morgan fingerprint density at radius 3 is 2.60 bits per heavy atom. The molecule has 1 aromatic heterocycles. The molecule has 1 N–H and O–H groups in total. The third-order valence-electron chi connectivity index (χ3n) is 3.25. The molecule has 1 aromatic rings. The van der Waals surface area contributed by atoms with Gasteiger partial charge in [-0.05, 0) is 37.9 Å². The van der Waals surface area contributed by atoms with E-state index in [1.54, 1.807) is 16.2 Å². The van der Waals surface area contributed by atoms with Gasteiger partial charge in [-0.25, -0.2) is 0 Å². The molecule has 1 fully saturated rings. The molecule has 1 saturated carbocycles. The van der Waals surface area contributed by atoms with E-state index >= 15 is 0 Å². The molecule has 2 rings (SSSR count). The van der Waals surface area contributed by atoms with Gasteiger partial charge in [0.25, 0.3) is 0 Å². The molecule has 0 unspecified atom stereocenters. The third kappa shape index (κ3) is 5.42. The van der Waals surface area contributed by atoms with E-state index in [2.05, 4.69) is 12.2 Å². The van der Waals surface area contributed by atoms with Gasteiger partial charge in [0, 0.05) is 28.9 Å². The highest BCUT2D eigenvalue weighted by Crippen LogP contribution is 2.32. The topological polar surface area (TPSA) is 15.3 Å². The molecule has 114 valence electrons. The van der Waals surface area contributed by atoms with E-state index in [-0.39, 0.29) is 6.04 Å². The molecule has 0 amide bonds. The molecule has 0 aliphatic heterocycles. The molecule has 0 radical (unpaired) electrons. The van der Waals surface area contributed by atoms with Crippen molar-refractivity contribution in [2.24, 2.45) is 0 Å². The van der Waals surface area contributed by atoms with E-state index in [9.17, 15) is 13.2 Å². The van der Waals surface area contributed by atoms with Crippen LogP contribution in [-0.4, -0.2) is 30.2 Å². The smallest absolute Gasteiger partial charge is 0.312 e. The predicted molar refractivity (Wildman–Crippen MR) is 75.8 cm³/mol. The average Bonchev–Trinajstić information content (AvgIpc) is 3.10. The minimum absolute atomic E-state index is 0.125. The van der Waals surface area contributed by atoms with E-state index in [0.29, 0.717) is 6.54 Å². The number of halogens is 3. The van der Waals surface area contributed by atoms with Crippen LogP contribution in [0.2, 0.25) is 0 Å². The number of nitrogens with zero attached hydrogens (tertiary/aromatic N) is 1. The summed E-state index contributed by atoms with van der Waals surface area (Å²) in [4.78, 5) is 3.78. The lowest BCUT2D eigenvalue weighted by atomic mass is 10.3. The minimum atomic E-state index is -4.11. The van der Waals surface area contributed by atoms with Crippen LogP contribution in [0, 0.1) is 0 Å². The number of thiophene rings is 1. The fraction of sp³-hybridized carbons (Fsp3) is 0.714. The van der Waals surface area contributed by atoms with Crippen LogP contribution >= 0.6 is 11.3 Å². The maximum absolute atomic E-state index is 12.6. The Kier molecular flexibility index (Phi) is 5.46. The number of hydrogen-bond donors (Lipinski definition) is 1. The fourth-order valence-electron chi connectivity index (χ4n) is 2.17. The zero-order valence-electron chi connectivity index (χ0n) is 11.7. The van der Waals surface area contributed by atoms with Crippen molar-refractivity contribution in [3.63, 3.8) is 0 Å². The van der Waals surface area contributed by atoms with Crippen molar-refractivity contribution in [2.45, 2.75) is 51.5 Å². The summed E-state index contributed by atoms with van der Waals surface area (Å²) in [6, 6.07) is 4.10. The molecular weight excluding hydrogens is 285 g/mol. The summed E-state index contributed by atoms with van der Waals surface area (Å²) in [5, 5.41) is 3.31. The maximum atomic E-state index is 12.6. The normalized spacial score (nSPS) is 16.1. The number of nitrogens with one attached hydrogen (secondary N) is 1. The van der Waals surface area contributed by atoms with Crippen molar-refractivity contribution in [3.05, 3.63) is 21.9 Å². The quantitative estimate of drug-likeness (QED) is 0.735. The third-order valence-corrected chi connectivity index (χ3v) is 4.32. The van der Waals surface area contributed by atoms with Crippen molar-refractivity contribution in [1.82, 2.24) is 10.2 Å². The first kappa shape index (κ1) is 15.8. The highest BCUT2D eigenvalue weighted by atomic mass is 32.1. The van der Waals surface area contributed by atoms with E-state index in [1.165, 1.54) is 4.88 Å². The molecule has 0 atom stereocenters. The van der Waals surface area contributed by atoms with E-state index in [4.69, 9.17) is 0 Å². The SMILES string of the molecule is CCCNCc1ccc(CN(CC(F)(F)F)C2CC2)s1. The lowest BCUT2D eigenvalue weighted by molar-refractivity contribution is -0.148. The monoisotopic (exact) mass is 306 g/mol.